The van der Waals surface area contributed by atoms with Crippen LogP contribution >= 0.6 is 0 Å². The molecule has 3 heteroatoms. The zero-order valence-electron chi connectivity index (χ0n) is 10.2. The monoisotopic (exact) mass is 219 g/mol. The molecule has 1 aromatic rings. The van der Waals surface area contributed by atoms with Crippen LogP contribution in [0, 0.1) is 0 Å². The van der Waals surface area contributed by atoms with Gasteiger partial charge in [-0.3, -0.25) is 0 Å². The lowest BCUT2D eigenvalue weighted by atomic mass is 10.1. The highest BCUT2D eigenvalue weighted by atomic mass is 15.2. The smallest absolute Gasteiger partial charge is 0.128 e. The standard InChI is InChI=1S/C13H21N3/c1-10(2)12-6-3-7-13(15-12)16-8-4-5-11(14)9-16/h3,6-7,10-11H,4-5,8-9,14H2,1-2H3. The Bertz CT molecular complexity index is 349. The summed E-state index contributed by atoms with van der Waals surface area (Å²) in [4.78, 5) is 7.01. The number of anilines is 1. The highest BCUT2D eigenvalue weighted by molar-refractivity contribution is 5.40. The Morgan fingerprint density at radius 1 is 1.44 bits per heavy atom. The van der Waals surface area contributed by atoms with Gasteiger partial charge in [0, 0.05) is 24.8 Å². The van der Waals surface area contributed by atoms with Gasteiger partial charge in [0.1, 0.15) is 5.82 Å². The van der Waals surface area contributed by atoms with Crippen LogP contribution in [0.5, 0.6) is 0 Å². The maximum Gasteiger partial charge on any atom is 0.128 e. The molecule has 0 amide bonds. The molecular weight excluding hydrogens is 198 g/mol. The average Bonchev–Trinajstić information content (AvgIpc) is 2.29. The number of rotatable bonds is 2. The Kier molecular flexibility index (Phi) is 3.44. The molecule has 1 aromatic heterocycles. The van der Waals surface area contributed by atoms with Crippen LogP contribution < -0.4 is 10.6 Å². The van der Waals surface area contributed by atoms with E-state index in [2.05, 4.69) is 36.9 Å². The van der Waals surface area contributed by atoms with Crippen molar-refractivity contribution in [3.8, 4) is 0 Å². The second kappa shape index (κ2) is 4.83. The quantitative estimate of drug-likeness (QED) is 0.828. The summed E-state index contributed by atoms with van der Waals surface area (Å²) in [5.74, 6) is 1.57. The van der Waals surface area contributed by atoms with Gasteiger partial charge in [0.2, 0.25) is 0 Å². The minimum Gasteiger partial charge on any atom is -0.355 e. The Labute approximate surface area is 97.7 Å². The molecule has 0 aliphatic carbocycles. The molecule has 0 bridgehead atoms. The van der Waals surface area contributed by atoms with Crippen molar-refractivity contribution in [3.63, 3.8) is 0 Å². The summed E-state index contributed by atoms with van der Waals surface area (Å²) in [6.45, 7) is 6.37. The fraction of sp³-hybridized carbons (Fsp3) is 0.615. The highest BCUT2D eigenvalue weighted by Gasteiger charge is 2.18. The van der Waals surface area contributed by atoms with Crippen LogP contribution in [0.2, 0.25) is 0 Å². The number of aromatic nitrogens is 1. The van der Waals surface area contributed by atoms with Gasteiger partial charge in [0.25, 0.3) is 0 Å². The van der Waals surface area contributed by atoms with E-state index in [0.717, 1.165) is 31.0 Å². The molecule has 1 aliphatic heterocycles. The number of hydrogen-bond acceptors (Lipinski definition) is 3. The molecule has 2 rings (SSSR count). The fourth-order valence-electron chi connectivity index (χ4n) is 2.16. The van der Waals surface area contributed by atoms with Crippen molar-refractivity contribution in [1.82, 2.24) is 4.98 Å². The molecule has 0 radical (unpaired) electrons. The minimum absolute atomic E-state index is 0.304. The van der Waals surface area contributed by atoms with Crippen molar-refractivity contribution in [2.24, 2.45) is 5.73 Å². The topological polar surface area (TPSA) is 42.1 Å². The summed E-state index contributed by atoms with van der Waals surface area (Å²) in [6, 6.07) is 6.58. The molecule has 0 aromatic carbocycles. The molecule has 1 aliphatic rings. The van der Waals surface area contributed by atoms with Crippen LogP contribution in [-0.4, -0.2) is 24.1 Å². The van der Waals surface area contributed by atoms with E-state index in [1.54, 1.807) is 0 Å². The molecule has 2 N–H and O–H groups in total. The van der Waals surface area contributed by atoms with Crippen LogP contribution in [0.25, 0.3) is 0 Å². The fourth-order valence-corrected chi connectivity index (χ4v) is 2.16. The van der Waals surface area contributed by atoms with Crippen molar-refractivity contribution >= 4 is 5.82 Å². The first-order valence-corrected chi connectivity index (χ1v) is 6.14. The zero-order valence-corrected chi connectivity index (χ0v) is 10.2. The van der Waals surface area contributed by atoms with E-state index < -0.39 is 0 Å². The molecule has 2 heterocycles. The number of nitrogens with zero attached hydrogens (tertiary/aromatic N) is 2. The van der Waals surface area contributed by atoms with Crippen LogP contribution in [-0.2, 0) is 0 Å². The van der Waals surface area contributed by atoms with Crippen LogP contribution in [0.1, 0.15) is 38.3 Å². The third kappa shape index (κ3) is 2.53. The molecule has 16 heavy (non-hydrogen) atoms. The summed E-state index contributed by atoms with van der Waals surface area (Å²) >= 11 is 0. The molecule has 1 unspecified atom stereocenters. The molecular formula is C13H21N3. The van der Waals surface area contributed by atoms with Gasteiger partial charge in [-0.25, -0.2) is 4.98 Å². The van der Waals surface area contributed by atoms with Gasteiger partial charge in [-0.1, -0.05) is 19.9 Å². The summed E-state index contributed by atoms with van der Waals surface area (Å²) in [5.41, 5.74) is 7.15. The van der Waals surface area contributed by atoms with Crippen molar-refractivity contribution < 1.29 is 0 Å². The molecule has 0 spiro atoms. The predicted octanol–water partition coefficient (Wildman–Crippen LogP) is 2.13. The number of piperidine rings is 1. The Balaban J connectivity index is 2.16. The Morgan fingerprint density at radius 2 is 2.25 bits per heavy atom. The molecule has 1 saturated heterocycles. The molecule has 0 saturated carbocycles. The van der Waals surface area contributed by atoms with Crippen molar-refractivity contribution in [2.75, 3.05) is 18.0 Å². The predicted molar refractivity (Wildman–Crippen MR) is 67.7 cm³/mol. The van der Waals surface area contributed by atoms with E-state index in [1.165, 1.54) is 6.42 Å². The SMILES string of the molecule is CC(C)c1cccc(N2CCCC(N)C2)n1. The first-order chi connectivity index (χ1) is 7.66. The third-order valence-corrected chi connectivity index (χ3v) is 3.13. The normalized spacial score (nSPS) is 21.5. The van der Waals surface area contributed by atoms with Gasteiger partial charge in [-0.05, 0) is 30.9 Å². The van der Waals surface area contributed by atoms with E-state index in [4.69, 9.17) is 10.7 Å². The molecule has 88 valence electrons. The van der Waals surface area contributed by atoms with Gasteiger partial charge in [-0.2, -0.15) is 0 Å². The maximum absolute atomic E-state index is 5.99. The van der Waals surface area contributed by atoms with Gasteiger partial charge >= 0.3 is 0 Å². The van der Waals surface area contributed by atoms with Crippen LogP contribution in [0.4, 0.5) is 5.82 Å². The highest BCUT2D eigenvalue weighted by Crippen LogP contribution is 2.20. The van der Waals surface area contributed by atoms with E-state index >= 15 is 0 Å². The van der Waals surface area contributed by atoms with Gasteiger partial charge in [0.05, 0.1) is 0 Å². The lowest BCUT2D eigenvalue weighted by Gasteiger charge is -2.32. The molecule has 3 nitrogen and oxygen atoms in total. The van der Waals surface area contributed by atoms with E-state index in [1.807, 2.05) is 0 Å². The van der Waals surface area contributed by atoms with Crippen LogP contribution in [0.15, 0.2) is 18.2 Å². The van der Waals surface area contributed by atoms with Crippen molar-refractivity contribution in [1.29, 1.82) is 0 Å². The van der Waals surface area contributed by atoms with E-state index in [9.17, 15) is 0 Å². The maximum atomic E-state index is 5.99. The van der Waals surface area contributed by atoms with E-state index in [0.29, 0.717) is 12.0 Å². The van der Waals surface area contributed by atoms with Gasteiger partial charge < -0.3 is 10.6 Å². The summed E-state index contributed by atoms with van der Waals surface area (Å²) in [5, 5.41) is 0. The second-order valence-corrected chi connectivity index (χ2v) is 4.92. The van der Waals surface area contributed by atoms with Gasteiger partial charge in [0.15, 0.2) is 0 Å². The summed E-state index contributed by atoms with van der Waals surface area (Å²) in [7, 11) is 0. The average molecular weight is 219 g/mol. The Hall–Kier alpha value is -1.09. The second-order valence-electron chi connectivity index (χ2n) is 4.92. The van der Waals surface area contributed by atoms with Crippen molar-refractivity contribution in [3.05, 3.63) is 23.9 Å². The minimum atomic E-state index is 0.304. The first kappa shape index (κ1) is 11.4. The third-order valence-electron chi connectivity index (χ3n) is 3.13. The lowest BCUT2D eigenvalue weighted by molar-refractivity contribution is 0.502. The molecule has 1 atom stereocenters. The molecule has 1 fully saturated rings. The number of hydrogen-bond donors (Lipinski definition) is 1. The summed E-state index contributed by atoms with van der Waals surface area (Å²) in [6.07, 6.45) is 2.31. The van der Waals surface area contributed by atoms with E-state index in [-0.39, 0.29) is 0 Å². The largest absolute Gasteiger partial charge is 0.355 e. The summed E-state index contributed by atoms with van der Waals surface area (Å²) < 4.78 is 0. The first-order valence-electron chi connectivity index (χ1n) is 6.14. The lowest BCUT2D eigenvalue weighted by Crippen LogP contribution is -2.43. The van der Waals surface area contributed by atoms with Crippen molar-refractivity contribution in [2.45, 2.75) is 38.6 Å². The van der Waals surface area contributed by atoms with Crippen LogP contribution in [0.3, 0.4) is 0 Å². The number of pyridine rings is 1. The number of nitrogens with two attached hydrogens (primary N) is 1. The Morgan fingerprint density at radius 3 is 2.94 bits per heavy atom. The van der Waals surface area contributed by atoms with Gasteiger partial charge in [-0.15, -0.1) is 0 Å². The zero-order chi connectivity index (χ0) is 11.5.